The SMILES string of the molecule is CC1(CNc2ccc(C#N)cc2Br)CCCO1. The van der Waals surface area contributed by atoms with Gasteiger partial charge < -0.3 is 10.1 Å². The van der Waals surface area contributed by atoms with Crippen molar-refractivity contribution in [1.82, 2.24) is 0 Å². The second kappa shape index (κ2) is 5.07. The Bertz CT molecular complexity index is 447. The minimum Gasteiger partial charge on any atom is -0.381 e. The van der Waals surface area contributed by atoms with E-state index in [0.717, 1.165) is 36.2 Å². The summed E-state index contributed by atoms with van der Waals surface area (Å²) >= 11 is 3.46. The average molecular weight is 295 g/mol. The number of hydrogen-bond donors (Lipinski definition) is 1. The Morgan fingerprint density at radius 2 is 2.41 bits per heavy atom. The zero-order valence-electron chi connectivity index (χ0n) is 9.79. The lowest BCUT2D eigenvalue weighted by Gasteiger charge is -2.24. The largest absolute Gasteiger partial charge is 0.381 e. The second-order valence-electron chi connectivity index (χ2n) is 4.56. The van der Waals surface area contributed by atoms with Crippen molar-refractivity contribution in [1.29, 1.82) is 5.26 Å². The molecule has 17 heavy (non-hydrogen) atoms. The van der Waals surface area contributed by atoms with Crippen LogP contribution in [0.3, 0.4) is 0 Å². The average Bonchev–Trinajstić information content (AvgIpc) is 2.75. The van der Waals surface area contributed by atoms with Crippen LogP contribution in [0.2, 0.25) is 0 Å². The molecule has 0 saturated carbocycles. The Kier molecular flexibility index (Phi) is 3.70. The third kappa shape index (κ3) is 2.99. The number of halogens is 1. The molecule has 1 aromatic carbocycles. The number of nitrogens with one attached hydrogen (secondary N) is 1. The van der Waals surface area contributed by atoms with E-state index in [-0.39, 0.29) is 5.60 Å². The molecule has 0 spiro atoms. The maximum absolute atomic E-state index is 8.79. The monoisotopic (exact) mass is 294 g/mol. The van der Waals surface area contributed by atoms with Crippen LogP contribution in [0.15, 0.2) is 22.7 Å². The van der Waals surface area contributed by atoms with Crippen molar-refractivity contribution in [3.8, 4) is 6.07 Å². The van der Waals surface area contributed by atoms with E-state index >= 15 is 0 Å². The Hall–Kier alpha value is -1.05. The Morgan fingerprint density at radius 3 is 3.00 bits per heavy atom. The fraction of sp³-hybridized carbons (Fsp3) is 0.462. The predicted octanol–water partition coefficient (Wildman–Crippen LogP) is 3.30. The highest BCUT2D eigenvalue weighted by Gasteiger charge is 2.29. The van der Waals surface area contributed by atoms with Crippen LogP contribution in [0, 0.1) is 11.3 Å². The van der Waals surface area contributed by atoms with E-state index in [1.807, 2.05) is 18.2 Å². The lowest BCUT2D eigenvalue weighted by atomic mass is 10.0. The first kappa shape index (κ1) is 12.4. The van der Waals surface area contributed by atoms with Gasteiger partial charge in [-0.05, 0) is 53.9 Å². The summed E-state index contributed by atoms with van der Waals surface area (Å²) in [7, 11) is 0. The van der Waals surface area contributed by atoms with Gasteiger partial charge in [-0.15, -0.1) is 0 Å². The fourth-order valence-corrected chi connectivity index (χ4v) is 2.51. The van der Waals surface area contributed by atoms with E-state index in [9.17, 15) is 0 Å². The molecular formula is C13H15BrN2O. The first-order valence-corrected chi connectivity index (χ1v) is 6.50. The zero-order chi connectivity index (χ0) is 12.3. The van der Waals surface area contributed by atoms with Gasteiger partial charge in [0.25, 0.3) is 0 Å². The summed E-state index contributed by atoms with van der Waals surface area (Å²) in [5.74, 6) is 0. The minimum absolute atomic E-state index is 0.0622. The van der Waals surface area contributed by atoms with Crippen molar-refractivity contribution in [2.75, 3.05) is 18.5 Å². The number of ether oxygens (including phenoxy) is 1. The summed E-state index contributed by atoms with van der Waals surface area (Å²) in [6, 6.07) is 7.66. The Balaban J connectivity index is 2.02. The lowest BCUT2D eigenvalue weighted by molar-refractivity contribution is 0.0315. The Morgan fingerprint density at radius 1 is 1.59 bits per heavy atom. The summed E-state index contributed by atoms with van der Waals surface area (Å²) in [6.45, 7) is 3.77. The van der Waals surface area contributed by atoms with E-state index in [4.69, 9.17) is 10.00 Å². The molecule has 0 bridgehead atoms. The molecule has 1 atom stereocenters. The van der Waals surface area contributed by atoms with Crippen LogP contribution in [0.4, 0.5) is 5.69 Å². The van der Waals surface area contributed by atoms with Crippen LogP contribution in [-0.4, -0.2) is 18.8 Å². The van der Waals surface area contributed by atoms with Crippen LogP contribution < -0.4 is 5.32 Å². The van der Waals surface area contributed by atoms with Gasteiger partial charge in [-0.3, -0.25) is 0 Å². The molecule has 1 aliphatic rings. The molecule has 1 N–H and O–H groups in total. The zero-order valence-corrected chi connectivity index (χ0v) is 11.4. The third-order valence-corrected chi connectivity index (χ3v) is 3.71. The molecule has 1 aliphatic heterocycles. The minimum atomic E-state index is -0.0622. The van der Waals surface area contributed by atoms with Crippen LogP contribution >= 0.6 is 15.9 Å². The highest BCUT2D eigenvalue weighted by atomic mass is 79.9. The van der Waals surface area contributed by atoms with Crippen LogP contribution in [0.5, 0.6) is 0 Å². The number of hydrogen-bond acceptors (Lipinski definition) is 3. The molecule has 0 aliphatic carbocycles. The van der Waals surface area contributed by atoms with Gasteiger partial charge in [0.05, 0.1) is 17.2 Å². The van der Waals surface area contributed by atoms with E-state index in [0.29, 0.717) is 5.56 Å². The molecule has 0 radical (unpaired) electrons. The van der Waals surface area contributed by atoms with Gasteiger partial charge in [-0.25, -0.2) is 0 Å². The fourth-order valence-electron chi connectivity index (χ4n) is 1.99. The first-order valence-electron chi connectivity index (χ1n) is 5.70. The van der Waals surface area contributed by atoms with Crippen molar-refractivity contribution in [3.63, 3.8) is 0 Å². The van der Waals surface area contributed by atoms with Crippen LogP contribution in [0.25, 0.3) is 0 Å². The molecule has 1 fully saturated rings. The molecule has 1 heterocycles. The first-order chi connectivity index (χ1) is 8.13. The van der Waals surface area contributed by atoms with Gasteiger partial charge >= 0.3 is 0 Å². The van der Waals surface area contributed by atoms with Gasteiger partial charge in [0.1, 0.15) is 0 Å². The number of nitrogens with zero attached hydrogens (tertiary/aromatic N) is 1. The summed E-state index contributed by atoms with van der Waals surface area (Å²) in [5, 5.41) is 12.2. The maximum Gasteiger partial charge on any atom is 0.0992 e. The topological polar surface area (TPSA) is 45.0 Å². The van der Waals surface area contributed by atoms with Crippen LogP contribution in [0.1, 0.15) is 25.3 Å². The molecule has 0 aromatic heterocycles. The molecular weight excluding hydrogens is 280 g/mol. The normalized spacial score (nSPS) is 23.4. The number of benzene rings is 1. The number of nitriles is 1. The summed E-state index contributed by atoms with van der Waals surface area (Å²) < 4.78 is 6.63. The highest BCUT2D eigenvalue weighted by molar-refractivity contribution is 9.10. The van der Waals surface area contributed by atoms with Crippen LogP contribution in [-0.2, 0) is 4.74 Å². The van der Waals surface area contributed by atoms with Gasteiger partial charge in [-0.1, -0.05) is 0 Å². The van der Waals surface area contributed by atoms with Gasteiger partial charge in [0.15, 0.2) is 0 Å². The third-order valence-electron chi connectivity index (χ3n) is 3.05. The Labute approximate surface area is 110 Å². The standard InChI is InChI=1S/C13H15BrN2O/c1-13(5-2-6-17-13)9-16-12-4-3-10(8-15)7-11(12)14/h3-4,7,16H,2,5-6,9H2,1H3. The molecule has 90 valence electrons. The van der Waals surface area contributed by atoms with E-state index in [1.54, 1.807) is 0 Å². The van der Waals surface area contributed by atoms with Crippen molar-refractivity contribution < 1.29 is 4.74 Å². The molecule has 1 unspecified atom stereocenters. The van der Waals surface area contributed by atoms with Crippen molar-refractivity contribution in [2.45, 2.75) is 25.4 Å². The van der Waals surface area contributed by atoms with E-state index < -0.39 is 0 Å². The summed E-state index contributed by atoms with van der Waals surface area (Å²) in [5.41, 5.74) is 1.60. The highest BCUT2D eigenvalue weighted by Crippen LogP contribution is 2.28. The van der Waals surface area contributed by atoms with Gasteiger partial charge in [-0.2, -0.15) is 5.26 Å². The molecule has 2 rings (SSSR count). The molecule has 4 heteroatoms. The number of rotatable bonds is 3. The van der Waals surface area contributed by atoms with Gasteiger partial charge in [0.2, 0.25) is 0 Å². The molecule has 3 nitrogen and oxygen atoms in total. The van der Waals surface area contributed by atoms with Gasteiger partial charge in [0, 0.05) is 23.3 Å². The molecule has 1 saturated heterocycles. The lowest BCUT2D eigenvalue weighted by Crippen LogP contribution is -2.32. The molecule has 1 aromatic rings. The van der Waals surface area contributed by atoms with Crippen molar-refractivity contribution in [3.05, 3.63) is 28.2 Å². The van der Waals surface area contributed by atoms with Crippen molar-refractivity contribution >= 4 is 21.6 Å². The second-order valence-corrected chi connectivity index (χ2v) is 5.42. The predicted molar refractivity (Wildman–Crippen MR) is 70.9 cm³/mol. The summed E-state index contributed by atoms with van der Waals surface area (Å²) in [4.78, 5) is 0. The molecule has 0 amide bonds. The van der Waals surface area contributed by atoms with E-state index in [2.05, 4.69) is 34.2 Å². The maximum atomic E-state index is 8.79. The van der Waals surface area contributed by atoms with E-state index in [1.165, 1.54) is 0 Å². The van der Waals surface area contributed by atoms with Crippen molar-refractivity contribution in [2.24, 2.45) is 0 Å². The number of anilines is 1. The quantitative estimate of drug-likeness (QED) is 0.930. The summed E-state index contributed by atoms with van der Waals surface area (Å²) in [6.07, 6.45) is 2.22. The smallest absolute Gasteiger partial charge is 0.0992 e.